The van der Waals surface area contributed by atoms with Gasteiger partial charge in [-0.15, -0.1) is 0 Å². The maximum atomic E-state index is 11.6. The molecule has 5 nitrogen and oxygen atoms in total. The maximum absolute atomic E-state index is 11.6. The molecule has 1 heterocycles. The lowest BCUT2D eigenvalue weighted by Crippen LogP contribution is -2.43. The van der Waals surface area contributed by atoms with Crippen LogP contribution < -0.4 is 0 Å². The molecule has 0 saturated carbocycles. The van der Waals surface area contributed by atoms with Crippen LogP contribution in [-0.2, 0) is 16.8 Å². The predicted octanol–water partition coefficient (Wildman–Crippen LogP) is 0.898. The number of carbonyl (C=O) groups is 1. The monoisotopic (exact) mass is 246 g/mol. The third-order valence-corrected chi connectivity index (χ3v) is 3.00. The minimum absolute atomic E-state index is 0.0931. The van der Waals surface area contributed by atoms with E-state index >= 15 is 0 Å². The summed E-state index contributed by atoms with van der Waals surface area (Å²) < 4.78 is 1.51. The van der Waals surface area contributed by atoms with Crippen molar-refractivity contribution in [2.75, 3.05) is 6.61 Å². The fourth-order valence-corrected chi connectivity index (χ4v) is 1.92. The third kappa shape index (κ3) is 2.12. The summed E-state index contributed by atoms with van der Waals surface area (Å²) in [4.78, 5) is 11.6. The van der Waals surface area contributed by atoms with Crippen LogP contribution in [0.4, 0.5) is 0 Å². The molecule has 5 heteroatoms. The summed E-state index contributed by atoms with van der Waals surface area (Å²) in [5.41, 5.74) is -0.802. The molecule has 0 radical (unpaired) electrons. The van der Waals surface area contributed by atoms with E-state index < -0.39 is 18.0 Å². The maximum Gasteiger partial charge on any atom is 0.318 e. The fourth-order valence-electron chi connectivity index (χ4n) is 1.92. The minimum Gasteiger partial charge on any atom is -0.480 e. The van der Waals surface area contributed by atoms with Crippen molar-refractivity contribution in [1.82, 2.24) is 9.78 Å². The van der Waals surface area contributed by atoms with E-state index in [9.17, 15) is 15.0 Å². The van der Waals surface area contributed by atoms with Crippen molar-refractivity contribution in [3.8, 4) is 0 Å². The summed E-state index contributed by atoms with van der Waals surface area (Å²) in [6.07, 6.45) is 3.26. The molecule has 1 aromatic heterocycles. The largest absolute Gasteiger partial charge is 0.480 e. The summed E-state index contributed by atoms with van der Waals surface area (Å²) in [6, 6.07) is 10.4. The molecule has 2 rings (SSSR count). The Morgan fingerprint density at radius 3 is 2.50 bits per heavy atom. The van der Waals surface area contributed by atoms with Crippen LogP contribution in [0.25, 0.3) is 0 Å². The topological polar surface area (TPSA) is 75.3 Å². The van der Waals surface area contributed by atoms with Crippen molar-refractivity contribution in [1.29, 1.82) is 0 Å². The quantitative estimate of drug-likeness (QED) is 0.821. The van der Waals surface area contributed by atoms with Crippen LogP contribution >= 0.6 is 0 Å². The van der Waals surface area contributed by atoms with Gasteiger partial charge in [-0.1, -0.05) is 30.3 Å². The number of aromatic nitrogens is 2. The Labute approximate surface area is 104 Å². The average Bonchev–Trinajstić information content (AvgIpc) is 2.89. The number of rotatable bonds is 5. The molecule has 0 aliphatic heterocycles. The van der Waals surface area contributed by atoms with Gasteiger partial charge in [0, 0.05) is 12.4 Å². The first-order chi connectivity index (χ1) is 8.69. The van der Waals surface area contributed by atoms with E-state index in [1.807, 2.05) is 0 Å². The lowest BCUT2D eigenvalue weighted by atomic mass is 9.81. The molecule has 2 aromatic rings. The highest BCUT2D eigenvalue weighted by molar-refractivity contribution is 5.81. The number of aliphatic carboxylic acids is 1. The zero-order chi connectivity index (χ0) is 13.0. The zero-order valence-corrected chi connectivity index (χ0v) is 9.73. The number of nitrogens with zero attached hydrogens (tertiary/aromatic N) is 2. The molecule has 1 aromatic carbocycles. The Hall–Kier alpha value is -2.14. The van der Waals surface area contributed by atoms with Crippen LogP contribution in [0.15, 0.2) is 48.8 Å². The summed E-state index contributed by atoms with van der Waals surface area (Å²) in [5, 5.41) is 23.1. The van der Waals surface area contributed by atoms with Gasteiger partial charge in [0.2, 0.25) is 0 Å². The molecule has 94 valence electrons. The molecule has 2 N–H and O–H groups in total. The van der Waals surface area contributed by atoms with E-state index in [0.717, 1.165) is 0 Å². The van der Waals surface area contributed by atoms with Crippen LogP contribution in [0.2, 0.25) is 0 Å². The van der Waals surface area contributed by atoms with Crippen molar-refractivity contribution in [3.63, 3.8) is 0 Å². The number of carboxylic acid groups (broad SMARTS) is 1. The summed E-state index contributed by atoms with van der Waals surface area (Å²) in [5.74, 6) is -1.06. The van der Waals surface area contributed by atoms with Crippen LogP contribution in [0, 0.1) is 0 Å². The number of benzene rings is 1. The van der Waals surface area contributed by atoms with E-state index in [2.05, 4.69) is 5.10 Å². The molecular formula is C13H14N2O3. The normalized spacial score (nSPS) is 14.1. The predicted molar refractivity (Wildman–Crippen MR) is 65.1 cm³/mol. The minimum atomic E-state index is -1.37. The first kappa shape index (κ1) is 12.3. The van der Waals surface area contributed by atoms with Gasteiger partial charge in [0.1, 0.15) is 5.41 Å². The summed E-state index contributed by atoms with van der Waals surface area (Å²) in [6.45, 7) is -0.387. The van der Waals surface area contributed by atoms with E-state index in [4.69, 9.17) is 0 Å². The molecule has 0 bridgehead atoms. The van der Waals surface area contributed by atoms with Crippen LogP contribution in [-0.4, -0.2) is 32.6 Å². The van der Waals surface area contributed by atoms with Crippen LogP contribution in [0.1, 0.15) is 5.56 Å². The third-order valence-electron chi connectivity index (χ3n) is 3.00. The summed E-state index contributed by atoms with van der Waals surface area (Å²) >= 11 is 0. The Balaban J connectivity index is 2.43. The van der Waals surface area contributed by atoms with Gasteiger partial charge in [-0.25, -0.2) is 0 Å². The second-order valence-electron chi connectivity index (χ2n) is 4.12. The smallest absolute Gasteiger partial charge is 0.318 e. The van der Waals surface area contributed by atoms with Gasteiger partial charge in [-0.05, 0) is 11.6 Å². The number of carboxylic acids is 1. The SMILES string of the molecule is O=C(O)C(CO)(Cn1cccn1)c1ccccc1. The second-order valence-corrected chi connectivity index (χ2v) is 4.12. The van der Waals surface area contributed by atoms with Gasteiger partial charge in [-0.3, -0.25) is 9.48 Å². The zero-order valence-electron chi connectivity index (χ0n) is 9.73. The van der Waals surface area contributed by atoms with Gasteiger partial charge in [-0.2, -0.15) is 5.10 Å². The Morgan fingerprint density at radius 1 is 1.28 bits per heavy atom. The van der Waals surface area contributed by atoms with Crippen molar-refractivity contribution in [3.05, 3.63) is 54.4 Å². The standard InChI is InChI=1S/C13H14N2O3/c16-10-13(12(17)18,9-15-8-4-7-14-15)11-5-2-1-3-6-11/h1-8,16H,9-10H2,(H,17,18). The van der Waals surface area contributed by atoms with E-state index in [0.29, 0.717) is 5.56 Å². The summed E-state index contributed by atoms with van der Waals surface area (Å²) in [7, 11) is 0. The van der Waals surface area contributed by atoms with Crippen molar-refractivity contribution >= 4 is 5.97 Å². The highest BCUT2D eigenvalue weighted by Gasteiger charge is 2.40. The molecule has 0 spiro atoms. The number of aliphatic hydroxyl groups excluding tert-OH is 1. The van der Waals surface area contributed by atoms with E-state index in [1.54, 1.807) is 48.8 Å². The molecule has 18 heavy (non-hydrogen) atoms. The molecule has 0 fully saturated rings. The molecular weight excluding hydrogens is 232 g/mol. The lowest BCUT2D eigenvalue weighted by Gasteiger charge is -2.27. The second kappa shape index (κ2) is 5.01. The number of hydrogen-bond donors (Lipinski definition) is 2. The first-order valence-corrected chi connectivity index (χ1v) is 5.56. The highest BCUT2D eigenvalue weighted by Crippen LogP contribution is 2.26. The van der Waals surface area contributed by atoms with E-state index in [1.165, 1.54) is 4.68 Å². The van der Waals surface area contributed by atoms with Crippen molar-refractivity contribution < 1.29 is 15.0 Å². The molecule has 0 aliphatic rings. The Morgan fingerprint density at radius 2 is 2.00 bits per heavy atom. The molecule has 0 aliphatic carbocycles. The van der Waals surface area contributed by atoms with Crippen molar-refractivity contribution in [2.24, 2.45) is 0 Å². The first-order valence-electron chi connectivity index (χ1n) is 5.56. The average molecular weight is 246 g/mol. The van der Waals surface area contributed by atoms with Crippen molar-refractivity contribution in [2.45, 2.75) is 12.0 Å². The van der Waals surface area contributed by atoms with E-state index in [-0.39, 0.29) is 6.54 Å². The van der Waals surface area contributed by atoms with Gasteiger partial charge >= 0.3 is 5.97 Å². The molecule has 1 atom stereocenters. The van der Waals surface area contributed by atoms with Gasteiger partial charge in [0.05, 0.1) is 13.2 Å². The number of aliphatic hydroxyl groups is 1. The van der Waals surface area contributed by atoms with Gasteiger partial charge in [0.15, 0.2) is 0 Å². The van der Waals surface area contributed by atoms with Crippen LogP contribution in [0.5, 0.6) is 0 Å². The fraction of sp³-hybridized carbons (Fsp3) is 0.231. The Kier molecular flexibility index (Phi) is 3.43. The molecule has 0 amide bonds. The number of hydrogen-bond acceptors (Lipinski definition) is 3. The Bertz CT molecular complexity index is 510. The van der Waals surface area contributed by atoms with Gasteiger partial charge < -0.3 is 10.2 Å². The molecule has 1 unspecified atom stereocenters. The lowest BCUT2D eigenvalue weighted by molar-refractivity contribution is -0.146. The highest BCUT2D eigenvalue weighted by atomic mass is 16.4. The van der Waals surface area contributed by atoms with Crippen LogP contribution in [0.3, 0.4) is 0 Å². The molecule has 0 saturated heterocycles. The van der Waals surface area contributed by atoms with Gasteiger partial charge in [0.25, 0.3) is 0 Å².